The molecular formula is C12H12F3NO3S. The van der Waals surface area contributed by atoms with Gasteiger partial charge in [0, 0.05) is 11.5 Å². The van der Waals surface area contributed by atoms with E-state index in [9.17, 15) is 22.8 Å². The molecule has 0 aliphatic heterocycles. The first-order valence-corrected chi connectivity index (χ1v) is 6.66. The first-order valence-electron chi connectivity index (χ1n) is 5.51. The van der Waals surface area contributed by atoms with Crippen LogP contribution in [0.15, 0.2) is 30.3 Å². The Morgan fingerprint density at radius 1 is 1.25 bits per heavy atom. The molecule has 1 aromatic rings. The van der Waals surface area contributed by atoms with Gasteiger partial charge in [-0.3, -0.25) is 0 Å². The van der Waals surface area contributed by atoms with Crippen LogP contribution in [0.25, 0.3) is 0 Å². The molecule has 0 unspecified atom stereocenters. The van der Waals surface area contributed by atoms with E-state index in [0.717, 1.165) is 5.56 Å². The largest absolute Gasteiger partial charge is 0.491 e. The second kappa shape index (κ2) is 7.30. The first-order chi connectivity index (χ1) is 9.30. The van der Waals surface area contributed by atoms with Crippen LogP contribution in [0.4, 0.5) is 13.2 Å². The molecule has 0 aliphatic carbocycles. The molecule has 0 heterocycles. The molecule has 2 N–H and O–H groups in total. The Morgan fingerprint density at radius 3 is 2.40 bits per heavy atom. The number of esters is 2. The van der Waals surface area contributed by atoms with Crippen LogP contribution in [0.3, 0.4) is 0 Å². The number of carbonyl (C=O) groups is 2. The molecule has 0 spiro atoms. The van der Waals surface area contributed by atoms with Gasteiger partial charge in [-0.15, -0.1) is 0 Å². The number of alkyl halides is 3. The highest BCUT2D eigenvalue weighted by molar-refractivity contribution is 7.98. The highest BCUT2D eigenvalue weighted by atomic mass is 32.2. The molecule has 0 saturated heterocycles. The number of hydrogen-bond acceptors (Lipinski definition) is 5. The topological polar surface area (TPSA) is 69.4 Å². The zero-order valence-electron chi connectivity index (χ0n) is 10.2. The molecule has 4 nitrogen and oxygen atoms in total. The van der Waals surface area contributed by atoms with Gasteiger partial charge in [0.2, 0.25) is 0 Å². The average molecular weight is 307 g/mol. The molecule has 20 heavy (non-hydrogen) atoms. The van der Waals surface area contributed by atoms with E-state index in [4.69, 9.17) is 5.73 Å². The summed E-state index contributed by atoms with van der Waals surface area (Å²) in [7, 11) is 0. The number of carbonyl (C=O) groups excluding carboxylic acids is 2. The van der Waals surface area contributed by atoms with Gasteiger partial charge >= 0.3 is 18.1 Å². The van der Waals surface area contributed by atoms with Crippen LogP contribution in [0.1, 0.15) is 5.56 Å². The minimum atomic E-state index is -5.20. The SMILES string of the molecule is N[C@@H](CSCc1ccccc1)C(=O)OC(=O)C(F)(F)F. The summed E-state index contributed by atoms with van der Waals surface area (Å²) >= 11 is 1.26. The molecule has 0 saturated carbocycles. The fourth-order valence-corrected chi connectivity index (χ4v) is 2.11. The van der Waals surface area contributed by atoms with Crippen molar-refractivity contribution in [3.8, 4) is 0 Å². The summed E-state index contributed by atoms with van der Waals surface area (Å²) in [6.45, 7) is 0. The lowest BCUT2D eigenvalue weighted by molar-refractivity contribution is -0.202. The second-order valence-corrected chi connectivity index (χ2v) is 4.84. The quantitative estimate of drug-likeness (QED) is 0.664. The number of rotatable bonds is 5. The Labute approximate surface area is 117 Å². The van der Waals surface area contributed by atoms with Crippen LogP contribution in [0.5, 0.6) is 0 Å². The predicted octanol–water partition coefficient (Wildman–Crippen LogP) is 1.88. The third-order valence-corrected chi connectivity index (χ3v) is 3.27. The van der Waals surface area contributed by atoms with Gasteiger partial charge in [0.25, 0.3) is 0 Å². The van der Waals surface area contributed by atoms with Gasteiger partial charge in [0.1, 0.15) is 6.04 Å². The maximum Gasteiger partial charge on any atom is 0.491 e. The zero-order chi connectivity index (χ0) is 15.2. The molecule has 8 heteroatoms. The van der Waals surface area contributed by atoms with E-state index in [-0.39, 0.29) is 5.75 Å². The molecule has 0 fully saturated rings. The van der Waals surface area contributed by atoms with Crippen LogP contribution in [0, 0.1) is 0 Å². The smallest absolute Gasteiger partial charge is 0.385 e. The number of halogens is 3. The maximum atomic E-state index is 11.9. The van der Waals surface area contributed by atoms with Crippen molar-refractivity contribution in [3.05, 3.63) is 35.9 Å². The molecule has 0 bridgehead atoms. The van der Waals surface area contributed by atoms with Crippen LogP contribution in [0.2, 0.25) is 0 Å². The summed E-state index contributed by atoms with van der Waals surface area (Å²) in [5.74, 6) is -3.33. The Kier molecular flexibility index (Phi) is 6.03. The highest BCUT2D eigenvalue weighted by Gasteiger charge is 2.43. The predicted molar refractivity (Wildman–Crippen MR) is 67.7 cm³/mol. The summed E-state index contributed by atoms with van der Waals surface area (Å²) in [5, 5.41) is 0. The Morgan fingerprint density at radius 2 is 1.85 bits per heavy atom. The van der Waals surface area contributed by atoms with E-state index in [2.05, 4.69) is 4.74 Å². The zero-order valence-corrected chi connectivity index (χ0v) is 11.0. The molecule has 0 amide bonds. The molecule has 0 radical (unpaired) electrons. The normalized spacial score (nSPS) is 12.8. The van der Waals surface area contributed by atoms with E-state index in [1.54, 1.807) is 0 Å². The molecule has 0 aromatic heterocycles. The van der Waals surface area contributed by atoms with Gasteiger partial charge in [0.15, 0.2) is 0 Å². The lowest BCUT2D eigenvalue weighted by Crippen LogP contribution is -2.39. The summed E-state index contributed by atoms with van der Waals surface area (Å²) in [4.78, 5) is 21.6. The monoisotopic (exact) mass is 307 g/mol. The fourth-order valence-electron chi connectivity index (χ4n) is 1.17. The van der Waals surface area contributed by atoms with E-state index < -0.39 is 24.2 Å². The van der Waals surface area contributed by atoms with Crippen molar-refractivity contribution in [2.24, 2.45) is 5.73 Å². The first kappa shape index (κ1) is 16.5. The van der Waals surface area contributed by atoms with Gasteiger partial charge in [-0.2, -0.15) is 24.9 Å². The third kappa shape index (κ3) is 5.62. The summed E-state index contributed by atoms with van der Waals surface area (Å²) in [6.07, 6.45) is -5.20. The maximum absolute atomic E-state index is 11.9. The Bertz CT molecular complexity index is 465. The minimum Gasteiger partial charge on any atom is -0.385 e. The summed E-state index contributed by atoms with van der Waals surface area (Å²) < 4.78 is 39.3. The fraction of sp³-hybridized carbons (Fsp3) is 0.333. The number of ether oxygens (including phenoxy) is 1. The second-order valence-electron chi connectivity index (χ2n) is 3.81. The van der Waals surface area contributed by atoms with E-state index in [1.807, 2.05) is 30.3 Å². The van der Waals surface area contributed by atoms with E-state index in [1.165, 1.54) is 11.8 Å². The summed E-state index contributed by atoms with van der Waals surface area (Å²) in [5.41, 5.74) is 6.35. The van der Waals surface area contributed by atoms with E-state index >= 15 is 0 Å². The van der Waals surface area contributed by atoms with Crippen molar-refractivity contribution in [3.63, 3.8) is 0 Å². The molecule has 110 valence electrons. The van der Waals surface area contributed by atoms with Crippen molar-refractivity contribution in [1.82, 2.24) is 0 Å². The number of thioether (sulfide) groups is 1. The minimum absolute atomic E-state index is 0.0544. The Balaban J connectivity index is 2.34. The Hall–Kier alpha value is -1.54. The van der Waals surface area contributed by atoms with E-state index in [0.29, 0.717) is 5.75 Å². The molecular weight excluding hydrogens is 295 g/mol. The highest BCUT2D eigenvalue weighted by Crippen LogP contribution is 2.17. The van der Waals surface area contributed by atoms with Crippen molar-refractivity contribution in [1.29, 1.82) is 0 Å². The van der Waals surface area contributed by atoms with Crippen molar-refractivity contribution < 1.29 is 27.5 Å². The van der Waals surface area contributed by atoms with Crippen LogP contribution in [-0.2, 0) is 20.1 Å². The van der Waals surface area contributed by atoms with Gasteiger partial charge in [-0.1, -0.05) is 30.3 Å². The van der Waals surface area contributed by atoms with Crippen LogP contribution in [-0.4, -0.2) is 29.9 Å². The number of nitrogens with two attached hydrogens (primary N) is 1. The molecule has 1 atom stereocenters. The van der Waals surface area contributed by atoms with Gasteiger partial charge in [-0.25, -0.2) is 9.59 Å². The lowest BCUT2D eigenvalue weighted by atomic mass is 10.2. The van der Waals surface area contributed by atoms with Crippen LogP contribution >= 0.6 is 11.8 Å². The van der Waals surface area contributed by atoms with Crippen LogP contribution < -0.4 is 5.73 Å². The molecule has 1 aromatic carbocycles. The van der Waals surface area contributed by atoms with Crippen molar-refractivity contribution >= 4 is 23.7 Å². The number of benzene rings is 1. The molecule has 1 rings (SSSR count). The van der Waals surface area contributed by atoms with Gasteiger partial charge in [0.05, 0.1) is 0 Å². The summed E-state index contributed by atoms with van der Waals surface area (Å²) in [6, 6.07) is 7.97. The standard InChI is InChI=1S/C12H12F3NO3S/c13-12(14,15)11(18)19-10(17)9(16)7-20-6-8-4-2-1-3-5-8/h1-5,9H,6-7,16H2/t9-/m0/s1. The molecule has 0 aliphatic rings. The van der Waals surface area contributed by atoms with Crippen molar-refractivity contribution in [2.75, 3.05) is 5.75 Å². The van der Waals surface area contributed by atoms with Crippen molar-refractivity contribution in [2.45, 2.75) is 18.0 Å². The van der Waals surface area contributed by atoms with Gasteiger partial charge in [-0.05, 0) is 5.56 Å². The number of hydrogen-bond donors (Lipinski definition) is 1. The third-order valence-electron chi connectivity index (χ3n) is 2.14. The lowest BCUT2D eigenvalue weighted by Gasteiger charge is -2.11. The van der Waals surface area contributed by atoms with Gasteiger partial charge < -0.3 is 10.5 Å². The average Bonchev–Trinajstić information content (AvgIpc) is 2.38.